The number of anilines is 1. The molecule has 2 aromatic carbocycles. The van der Waals surface area contributed by atoms with Crippen LogP contribution in [0.4, 0.5) is 5.82 Å². The molecule has 0 bridgehead atoms. The fourth-order valence-corrected chi connectivity index (χ4v) is 3.70. The molecule has 1 N–H and O–H groups in total. The van der Waals surface area contributed by atoms with Gasteiger partial charge in [-0.2, -0.15) is 5.26 Å². The largest absolute Gasteiger partial charge is 0.363 e. The van der Waals surface area contributed by atoms with Gasteiger partial charge in [0.25, 0.3) is 0 Å². The van der Waals surface area contributed by atoms with Crippen LogP contribution >= 0.6 is 11.3 Å². The number of hydrogen-bond acceptors (Lipinski definition) is 6. The number of rotatable bonds is 4. The molecule has 0 aliphatic carbocycles. The van der Waals surface area contributed by atoms with Crippen molar-refractivity contribution in [3.8, 4) is 17.3 Å². The Balaban J connectivity index is 1.64. The van der Waals surface area contributed by atoms with E-state index in [0.717, 1.165) is 32.9 Å². The number of aryl methyl sites for hydroxylation is 1. The molecule has 0 amide bonds. The van der Waals surface area contributed by atoms with Gasteiger partial charge in [0.2, 0.25) is 0 Å². The number of aromatic nitrogens is 3. The number of hydrogen-bond donors (Lipinski definition) is 1. The molecule has 4 rings (SSSR count). The smallest absolute Gasteiger partial charge is 0.130 e. The second-order valence-electron chi connectivity index (χ2n) is 6.32. The Kier molecular flexibility index (Phi) is 4.53. The quantitative estimate of drug-likeness (QED) is 0.540. The van der Waals surface area contributed by atoms with Crippen molar-refractivity contribution in [2.75, 3.05) is 5.32 Å². The summed E-state index contributed by atoms with van der Waals surface area (Å²) in [5, 5.41) is 12.5. The highest BCUT2D eigenvalue weighted by atomic mass is 32.1. The van der Waals surface area contributed by atoms with Crippen LogP contribution in [0.2, 0.25) is 0 Å². The summed E-state index contributed by atoms with van der Waals surface area (Å²) < 4.78 is 1.14. The van der Waals surface area contributed by atoms with Crippen LogP contribution in [-0.4, -0.2) is 15.0 Å². The Morgan fingerprint density at radius 1 is 1.11 bits per heavy atom. The van der Waals surface area contributed by atoms with Gasteiger partial charge in [0, 0.05) is 17.7 Å². The summed E-state index contributed by atoms with van der Waals surface area (Å²) >= 11 is 1.62. The fourth-order valence-electron chi connectivity index (χ4n) is 2.99. The Bertz CT molecular complexity index is 1160. The van der Waals surface area contributed by atoms with E-state index in [1.807, 2.05) is 48.8 Å². The van der Waals surface area contributed by atoms with E-state index >= 15 is 0 Å². The molecule has 0 aliphatic heterocycles. The molecule has 5 nitrogen and oxygen atoms in total. The minimum atomic E-state index is 0.0180. The second kappa shape index (κ2) is 7.14. The molecule has 4 aromatic rings. The maximum Gasteiger partial charge on any atom is 0.130 e. The van der Waals surface area contributed by atoms with Crippen LogP contribution in [0.3, 0.4) is 0 Å². The Morgan fingerprint density at radius 2 is 2.00 bits per heavy atom. The molecule has 27 heavy (non-hydrogen) atoms. The zero-order chi connectivity index (χ0) is 18.8. The summed E-state index contributed by atoms with van der Waals surface area (Å²) in [6.45, 7) is 3.94. The van der Waals surface area contributed by atoms with E-state index in [9.17, 15) is 0 Å². The summed E-state index contributed by atoms with van der Waals surface area (Å²) in [6, 6.07) is 17.9. The lowest BCUT2D eigenvalue weighted by Crippen LogP contribution is -2.09. The average Bonchev–Trinajstić information content (AvgIpc) is 3.15. The van der Waals surface area contributed by atoms with Gasteiger partial charge in [0.15, 0.2) is 0 Å². The maximum absolute atomic E-state index is 9.10. The molecule has 6 heteroatoms. The predicted molar refractivity (Wildman–Crippen MR) is 109 cm³/mol. The normalized spacial score (nSPS) is 11.9. The van der Waals surface area contributed by atoms with Gasteiger partial charge in [-0.15, -0.1) is 11.3 Å². The van der Waals surface area contributed by atoms with Gasteiger partial charge in [-0.3, -0.25) is 0 Å². The predicted octanol–water partition coefficient (Wildman–Crippen LogP) is 5.11. The zero-order valence-corrected chi connectivity index (χ0v) is 15.8. The first-order valence-corrected chi connectivity index (χ1v) is 9.46. The molecular weight excluding hydrogens is 354 g/mol. The van der Waals surface area contributed by atoms with Crippen LogP contribution in [0.15, 0.2) is 54.0 Å². The number of nitrogens with zero attached hydrogens (tertiary/aromatic N) is 4. The van der Waals surface area contributed by atoms with Gasteiger partial charge in [-0.05, 0) is 43.7 Å². The highest BCUT2D eigenvalue weighted by Crippen LogP contribution is 2.27. The number of thiazole rings is 1. The van der Waals surface area contributed by atoms with E-state index < -0.39 is 0 Å². The first-order chi connectivity index (χ1) is 13.1. The molecule has 1 unspecified atom stereocenters. The van der Waals surface area contributed by atoms with Gasteiger partial charge in [0.05, 0.1) is 33.1 Å². The average molecular weight is 371 g/mol. The Labute approximate surface area is 161 Å². The third-order valence-electron chi connectivity index (χ3n) is 4.35. The minimum absolute atomic E-state index is 0.0180. The lowest BCUT2D eigenvalue weighted by atomic mass is 10.1. The van der Waals surface area contributed by atoms with E-state index in [0.29, 0.717) is 11.4 Å². The van der Waals surface area contributed by atoms with E-state index in [4.69, 9.17) is 5.26 Å². The SMILES string of the molecule is Cc1nc(NC(C)c2cccc(C#N)c2)cc(-c2ccc3ncsc3c2)n1. The zero-order valence-electron chi connectivity index (χ0n) is 15.0. The third-order valence-corrected chi connectivity index (χ3v) is 5.14. The number of fused-ring (bicyclic) bond motifs is 1. The van der Waals surface area contributed by atoms with Crippen molar-refractivity contribution in [2.45, 2.75) is 19.9 Å². The summed E-state index contributed by atoms with van der Waals surface area (Å²) in [7, 11) is 0. The van der Waals surface area contributed by atoms with Crippen LogP contribution in [0.1, 0.15) is 29.9 Å². The van der Waals surface area contributed by atoms with Crippen LogP contribution < -0.4 is 5.32 Å². The van der Waals surface area contributed by atoms with Gasteiger partial charge in [0.1, 0.15) is 11.6 Å². The fraction of sp³-hybridized carbons (Fsp3) is 0.143. The molecular formula is C21H17N5S. The summed E-state index contributed by atoms with van der Waals surface area (Å²) in [4.78, 5) is 13.4. The number of nitriles is 1. The van der Waals surface area contributed by atoms with Crippen LogP contribution in [0, 0.1) is 18.3 Å². The Hall–Kier alpha value is -3.30. The lowest BCUT2D eigenvalue weighted by molar-refractivity contribution is 0.867. The van der Waals surface area contributed by atoms with E-state index in [1.165, 1.54) is 0 Å². The third kappa shape index (κ3) is 3.64. The molecule has 1 atom stereocenters. The van der Waals surface area contributed by atoms with Crippen molar-refractivity contribution in [1.82, 2.24) is 15.0 Å². The Morgan fingerprint density at radius 3 is 2.85 bits per heavy atom. The summed E-state index contributed by atoms with van der Waals surface area (Å²) in [6.07, 6.45) is 0. The van der Waals surface area contributed by atoms with E-state index in [-0.39, 0.29) is 6.04 Å². The highest BCUT2D eigenvalue weighted by Gasteiger charge is 2.10. The van der Waals surface area contributed by atoms with Crippen molar-refractivity contribution >= 4 is 27.4 Å². The second-order valence-corrected chi connectivity index (χ2v) is 7.21. The molecule has 2 aromatic heterocycles. The van der Waals surface area contributed by atoms with Crippen LogP contribution in [0.5, 0.6) is 0 Å². The van der Waals surface area contributed by atoms with Crippen LogP contribution in [-0.2, 0) is 0 Å². The molecule has 132 valence electrons. The van der Waals surface area contributed by atoms with Crippen molar-refractivity contribution in [3.05, 3.63) is 71.0 Å². The summed E-state index contributed by atoms with van der Waals surface area (Å²) in [5.74, 6) is 1.47. The van der Waals surface area contributed by atoms with Gasteiger partial charge in [-0.1, -0.05) is 18.2 Å². The van der Waals surface area contributed by atoms with Crippen molar-refractivity contribution in [1.29, 1.82) is 5.26 Å². The molecule has 0 aliphatic rings. The maximum atomic E-state index is 9.10. The topological polar surface area (TPSA) is 74.5 Å². The molecule has 0 saturated carbocycles. The minimum Gasteiger partial charge on any atom is -0.363 e. The van der Waals surface area contributed by atoms with Crippen molar-refractivity contribution in [2.24, 2.45) is 0 Å². The first-order valence-electron chi connectivity index (χ1n) is 8.58. The number of nitrogens with one attached hydrogen (secondary N) is 1. The van der Waals surface area contributed by atoms with Crippen molar-refractivity contribution < 1.29 is 0 Å². The molecule has 0 radical (unpaired) electrons. The molecule has 0 saturated heterocycles. The molecule has 0 spiro atoms. The van der Waals surface area contributed by atoms with Gasteiger partial charge < -0.3 is 5.32 Å². The van der Waals surface area contributed by atoms with Gasteiger partial charge >= 0.3 is 0 Å². The number of benzene rings is 2. The lowest BCUT2D eigenvalue weighted by Gasteiger charge is -2.16. The molecule has 2 heterocycles. The standard InChI is InChI=1S/C21H17N5S/c1-13(16-5-3-4-15(8-16)11-22)24-21-10-19(25-14(2)26-21)17-6-7-18-20(9-17)27-12-23-18/h3-10,12-13H,1-2H3,(H,24,25,26). The first kappa shape index (κ1) is 17.1. The summed E-state index contributed by atoms with van der Waals surface area (Å²) in [5.41, 5.74) is 6.46. The monoisotopic (exact) mass is 371 g/mol. The molecule has 0 fully saturated rings. The van der Waals surface area contributed by atoms with Crippen molar-refractivity contribution in [3.63, 3.8) is 0 Å². The van der Waals surface area contributed by atoms with E-state index in [2.05, 4.69) is 39.3 Å². The van der Waals surface area contributed by atoms with Gasteiger partial charge in [-0.25, -0.2) is 15.0 Å². The van der Waals surface area contributed by atoms with Crippen LogP contribution in [0.25, 0.3) is 21.5 Å². The van der Waals surface area contributed by atoms with E-state index in [1.54, 1.807) is 17.4 Å². The highest BCUT2D eigenvalue weighted by molar-refractivity contribution is 7.16.